The maximum absolute atomic E-state index is 12.1. The predicted octanol–water partition coefficient (Wildman–Crippen LogP) is 2.82. The summed E-state index contributed by atoms with van der Waals surface area (Å²) >= 11 is 1.43. The first-order chi connectivity index (χ1) is 13.6. The van der Waals surface area contributed by atoms with E-state index in [4.69, 9.17) is 9.47 Å². The zero-order chi connectivity index (χ0) is 19.9. The van der Waals surface area contributed by atoms with Crippen LogP contribution in [0.25, 0.3) is 16.3 Å². The van der Waals surface area contributed by atoms with Gasteiger partial charge in [-0.25, -0.2) is 9.78 Å². The summed E-state index contributed by atoms with van der Waals surface area (Å²) < 4.78 is 10.9. The molecule has 2 amide bonds. The summed E-state index contributed by atoms with van der Waals surface area (Å²) in [5.74, 6) is -1.75. The van der Waals surface area contributed by atoms with E-state index in [9.17, 15) is 14.4 Å². The van der Waals surface area contributed by atoms with E-state index in [1.54, 1.807) is 18.2 Å². The molecule has 142 valence electrons. The van der Waals surface area contributed by atoms with Crippen molar-refractivity contribution in [3.05, 3.63) is 65.2 Å². The minimum Gasteiger partial charge on any atom is -0.496 e. The van der Waals surface area contributed by atoms with E-state index in [0.717, 1.165) is 10.2 Å². The number of para-hydroxylation sites is 2. The van der Waals surface area contributed by atoms with E-state index in [-0.39, 0.29) is 5.56 Å². The van der Waals surface area contributed by atoms with Crippen molar-refractivity contribution in [1.82, 2.24) is 10.3 Å². The molecule has 0 aliphatic carbocycles. The van der Waals surface area contributed by atoms with E-state index in [1.807, 2.05) is 24.3 Å². The number of nitrogens with one attached hydrogen (secondary N) is 1. The lowest BCUT2D eigenvalue weighted by molar-refractivity contribution is -0.143. The SMILES string of the molecule is COc1ccccc1C(=O)NC(=O)COC(=O)/C=C/c1nc2ccccc2s1. The molecule has 0 atom stereocenters. The number of ether oxygens (including phenoxy) is 2. The third-order valence-corrected chi connectivity index (χ3v) is 4.62. The number of hydrogen-bond donors (Lipinski definition) is 1. The molecule has 1 heterocycles. The lowest BCUT2D eigenvalue weighted by Gasteiger charge is -2.08. The number of carbonyl (C=O) groups is 3. The first kappa shape index (κ1) is 19.2. The van der Waals surface area contributed by atoms with Crippen LogP contribution in [0.1, 0.15) is 15.4 Å². The minimum atomic E-state index is -0.738. The molecule has 0 spiro atoms. The van der Waals surface area contributed by atoms with Crippen LogP contribution >= 0.6 is 11.3 Å². The van der Waals surface area contributed by atoms with Gasteiger partial charge in [-0.1, -0.05) is 24.3 Å². The van der Waals surface area contributed by atoms with Gasteiger partial charge in [0.1, 0.15) is 10.8 Å². The van der Waals surface area contributed by atoms with Crippen molar-refractivity contribution in [2.24, 2.45) is 0 Å². The van der Waals surface area contributed by atoms with Gasteiger partial charge in [-0.05, 0) is 30.3 Å². The number of hydrogen-bond acceptors (Lipinski definition) is 7. The Morgan fingerprint density at radius 2 is 1.86 bits per heavy atom. The smallest absolute Gasteiger partial charge is 0.331 e. The summed E-state index contributed by atoms with van der Waals surface area (Å²) in [6, 6.07) is 14.1. The van der Waals surface area contributed by atoms with Crippen LogP contribution in [-0.2, 0) is 14.3 Å². The van der Waals surface area contributed by atoms with E-state index in [1.165, 1.54) is 36.7 Å². The highest BCUT2D eigenvalue weighted by Gasteiger charge is 2.15. The third-order valence-electron chi connectivity index (χ3n) is 3.62. The molecular formula is C20H16N2O5S. The topological polar surface area (TPSA) is 94.6 Å². The van der Waals surface area contributed by atoms with Gasteiger partial charge in [-0.2, -0.15) is 0 Å². The van der Waals surface area contributed by atoms with Crippen LogP contribution in [0.2, 0.25) is 0 Å². The Hall–Kier alpha value is -3.52. The highest BCUT2D eigenvalue weighted by molar-refractivity contribution is 7.19. The molecule has 2 aromatic carbocycles. The van der Waals surface area contributed by atoms with Gasteiger partial charge in [-0.15, -0.1) is 11.3 Å². The van der Waals surface area contributed by atoms with Crippen LogP contribution in [0.15, 0.2) is 54.6 Å². The fourth-order valence-corrected chi connectivity index (χ4v) is 3.22. The normalized spacial score (nSPS) is 10.8. The van der Waals surface area contributed by atoms with Crippen molar-refractivity contribution in [2.45, 2.75) is 0 Å². The molecule has 0 radical (unpaired) electrons. The van der Waals surface area contributed by atoms with E-state index >= 15 is 0 Å². The van der Waals surface area contributed by atoms with Crippen molar-refractivity contribution in [1.29, 1.82) is 0 Å². The summed E-state index contributed by atoms with van der Waals surface area (Å²) in [5.41, 5.74) is 1.05. The molecule has 0 aliphatic heterocycles. The second-order valence-electron chi connectivity index (χ2n) is 5.54. The largest absolute Gasteiger partial charge is 0.496 e. The molecule has 0 fully saturated rings. The molecule has 3 rings (SSSR count). The molecule has 0 bridgehead atoms. The number of thiazole rings is 1. The maximum Gasteiger partial charge on any atom is 0.331 e. The zero-order valence-corrected chi connectivity index (χ0v) is 15.7. The number of aromatic nitrogens is 1. The Kier molecular flexibility index (Phi) is 6.13. The first-order valence-electron chi connectivity index (χ1n) is 8.24. The molecular weight excluding hydrogens is 380 g/mol. The van der Waals surface area contributed by atoms with Gasteiger partial charge in [0.2, 0.25) is 0 Å². The second-order valence-corrected chi connectivity index (χ2v) is 6.60. The van der Waals surface area contributed by atoms with E-state index in [2.05, 4.69) is 10.3 Å². The highest BCUT2D eigenvalue weighted by Crippen LogP contribution is 2.22. The van der Waals surface area contributed by atoms with Crippen molar-refractivity contribution in [3.8, 4) is 5.75 Å². The average Bonchev–Trinajstić information content (AvgIpc) is 3.13. The number of benzene rings is 2. The van der Waals surface area contributed by atoms with Gasteiger partial charge >= 0.3 is 5.97 Å². The van der Waals surface area contributed by atoms with Gasteiger partial charge in [0.15, 0.2) is 6.61 Å². The van der Waals surface area contributed by atoms with Crippen LogP contribution in [-0.4, -0.2) is 36.5 Å². The standard InChI is InChI=1S/C20H16N2O5S/c1-26-15-8-4-2-6-13(15)20(25)22-17(23)12-27-19(24)11-10-18-21-14-7-3-5-9-16(14)28-18/h2-11H,12H2,1H3,(H,22,23,25)/b11-10+. The number of rotatable bonds is 6. The van der Waals surface area contributed by atoms with Gasteiger partial charge in [0.25, 0.3) is 11.8 Å². The Bertz CT molecular complexity index is 1020. The molecule has 8 heteroatoms. The summed E-state index contributed by atoms with van der Waals surface area (Å²) in [5, 5.41) is 2.80. The van der Waals surface area contributed by atoms with Crippen LogP contribution in [0.4, 0.5) is 0 Å². The lowest BCUT2D eigenvalue weighted by Crippen LogP contribution is -2.34. The Morgan fingerprint density at radius 1 is 1.11 bits per heavy atom. The number of imide groups is 1. The molecule has 1 N–H and O–H groups in total. The van der Waals surface area contributed by atoms with Gasteiger partial charge in [0, 0.05) is 6.08 Å². The monoisotopic (exact) mass is 396 g/mol. The molecule has 3 aromatic rings. The minimum absolute atomic E-state index is 0.209. The fraction of sp³-hybridized carbons (Fsp3) is 0.100. The first-order valence-corrected chi connectivity index (χ1v) is 9.06. The number of methoxy groups -OCH3 is 1. The van der Waals surface area contributed by atoms with Crippen LogP contribution in [0.5, 0.6) is 5.75 Å². The molecule has 0 saturated carbocycles. The number of amides is 2. The van der Waals surface area contributed by atoms with Gasteiger partial charge < -0.3 is 9.47 Å². The molecule has 0 saturated heterocycles. The zero-order valence-electron chi connectivity index (χ0n) is 14.9. The predicted molar refractivity (Wildman–Crippen MR) is 105 cm³/mol. The van der Waals surface area contributed by atoms with E-state index in [0.29, 0.717) is 10.8 Å². The summed E-state index contributed by atoms with van der Waals surface area (Å²) in [7, 11) is 1.42. The van der Waals surface area contributed by atoms with Gasteiger partial charge in [-0.3, -0.25) is 14.9 Å². The molecule has 7 nitrogen and oxygen atoms in total. The van der Waals surface area contributed by atoms with Crippen LogP contribution in [0.3, 0.4) is 0 Å². The molecule has 1 aromatic heterocycles. The average molecular weight is 396 g/mol. The maximum atomic E-state index is 12.1. The van der Waals surface area contributed by atoms with Crippen molar-refractivity contribution in [3.63, 3.8) is 0 Å². The Morgan fingerprint density at radius 3 is 2.64 bits per heavy atom. The van der Waals surface area contributed by atoms with Crippen LogP contribution < -0.4 is 10.1 Å². The summed E-state index contributed by atoms with van der Waals surface area (Å²) in [4.78, 5) is 40.1. The molecule has 0 aliphatic rings. The fourth-order valence-electron chi connectivity index (χ4n) is 2.35. The highest BCUT2D eigenvalue weighted by atomic mass is 32.1. The second kappa shape index (κ2) is 8.92. The van der Waals surface area contributed by atoms with Crippen LogP contribution in [0, 0.1) is 0 Å². The third kappa shape index (κ3) is 4.80. The quantitative estimate of drug-likeness (QED) is 0.509. The number of esters is 1. The Balaban J connectivity index is 1.51. The lowest BCUT2D eigenvalue weighted by atomic mass is 10.2. The van der Waals surface area contributed by atoms with Crippen molar-refractivity contribution >= 4 is 45.4 Å². The van der Waals surface area contributed by atoms with Gasteiger partial charge in [0.05, 0.1) is 22.9 Å². The molecule has 28 heavy (non-hydrogen) atoms. The molecule has 0 unspecified atom stereocenters. The van der Waals surface area contributed by atoms with E-state index < -0.39 is 24.4 Å². The van der Waals surface area contributed by atoms with Crippen molar-refractivity contribution in [2.75, 3.05) is 13.7 Å². The number of fused-ring (bicyclic) bond motifs is 1. The summed E-state index contributed by atoms with van der Waals surface area (Å²) in [6.45, 7) is -0.579. The Labute approximate surface area is 164 Å². The van der Waals surface area contributed by atoms with Crippen molar-refractivity contribution < 1.29 is 23.9 Å². The summed E-state index contributed by atoms with van der Waals surface area (Å²) in [6.07, 6.45) is 2.71. The number of nitrogens with zero attached hydrogens (tertiary/aromatic N) is 1. The number of carbonyl (C=O) groups excluding carboxylic acids is 3.